The number of rotatable bonds is 7. The molecule has 0 radical (unpaired) electrons. The van der Waals surface area contributed by atoms with Crippen LogP contribution in [0.15, 0.2) is 52.0 Å². The van der Waals surface area contributed by atoms with Gasteiger partial charge in [-0.25, -0.2) is 5.10 Å². The third kappa shape index (κ3) is 4.45. The number of aromatic nitrogens is 3. The van der Waals surface area contributed by atoms with E-state index in [-0.39, 0.29) is 0 Å². The molecule has 3 rings (SSSR count). The van der Waals surface area contributed by atoms with E-state index in [0.29, 0.717) is 23.8 Å². The quantitative estimate of drug-likeness (QED) is 0.407. The van der Waals surface area contributed by atoms with E-state index in [1.807, 2.05) is 56.3 Å². The van der Waals surface area contributed by atoms with Gasteiger partial charge in [-0.05, 0) is 77.9 Å². The molecule has 6 nitrogen and oxygen atoms in total. The van der Waals surface area contributed by atoms with Crippen LogP contribution in [0.2, 0.25) is 0 Å². The molecule has 1 heterocycles. The molecule has 0 aliphatic carbocycles. The van der Waals surface area contributed by atoms with Crippen molar-refractivity contribution in [1.29, 1.82) is 0 Å². The standard InChI is InChI=1S/C19H19BrN4O2S/c1-3-25-16-8-6-5-7-14(16)18-22-23-19(27)24(18)21-12-13-9-10-17(26-4-2)15(20)11-13/h5-12H,3-4H2,1-2H3,(H,23,27)/b21-12-. The van der Waals surface area contributed by atoms with E-state index in [1.54, 1.807) is 10.9 Å². The van der Waals surface area contributed by atoms with E-state index in [2.05, 4.69) is 31.2 Å². The summed E-state index contributed by atoms with van der Waals surface area (Å²) in [4.78, 5) is 0. The van der Waals surface area contributed by atoms with Crippen LogP contribution in [0.1, 0.15) is 19.4 Å². The third-order valence-corrected chi connectivity index (χ3v) is 4.54. The molecule has 140 valence electrons. The zero-order valence-electron chi connectivity index (χ0n) is 15.0. The van der Waals surface area contributed by atoms with Crippen molar-refractivity contribution in [2.24, 2.45) is 5.10 Å². The number of hydrogen-bond donors (Lipinski definition) is 1. The molecule has 0 saturated carbocycles. The Labute approximate surface area is 171 Å². The Morgan fingerprint density at radius 2 is 1.89 bits per heavy atom. The molecular formula is C19H19BrN4O2S. The third-order valence-electron chi connectivity index (χ3n) is 3.66. The number of nitrogens with one attached hydrogen (secondary N) is 1. The van der Waals surface area contributed by atoms with Gasteiger partial charge in [0.1, 0.15) is 11.5 Å². The molecule has 1 N–H and O–H groups in total. The van der Waals surface area contributed by atoms with Crippen LogP contribution in [0.3, 0.4) is 0 Å². The highest BCUT2D eigenvalue weighted by atomic mass is 79.9. The van der Waals surface area contributed by atoms with Crippen molar-refractivity contribution in [3.63, 3.8) is 0 Å². The van der Waals surface area contributed by atoms with Gasteiger partial charge in [-0.15, -0.1) is 0 Å². The van der Waals surface area contributed by atoms with E-state index in [4.69, 9.17) is 21.7 Å². The largest absolute Gasteiger partial charge is 0.493 e. The first-order chi connectivity index (χ1) is 13.1. The lowest BCUT2D eigenvalue weighted by atomic mass is 10.2. The van der Waals surface area contributed by atoms with Gasteiger partial charge < -0.3 is 9.47 Å². The molecule has 0 amide bonds. The summed E-state index contributed by atoms with van der Waals surface area (Å²) in [5.74, 6) is 2.11. The van der Waals surface area contributed by atoms with E-state index in [0.717, 1.165) is 27.1 Å². The molecule has 8 heteroatoms. The van der Waals surface area contributed by atoms with Gasteiger partial charge in [0.15, 0.2) is 5.82 Å². The molecule has 0 aliphatic rings. The van der Waals surface area contributed by atoms with Crippen LogP contribution in [0.25, 0.3) is 11.4 Å². The van der Waals surface area contributed by atoms with Crippen molar-refractivity contribution < 1.29 is 9.47 Å². The van der Waals surface area contributed by atoms with Gasteiger partial charge in [0.2, 0.25) is 4.77 Å². The zero-order valence-corrected chi connectivity index (χ0v) is 17.4. The molecule has 2 aromatic carbocycles. The summed E-state index contributed by atoms with van der Waals surface area (Å²) in [7, 11) is 0. The van der Waals surface area contributed by atoms with Crippen molar-refractivity contribution in [3.05, 3.63) is 57.3 Å². The van der Waals surface area contributed by atoms with Crippen molar-refractivity contribution in [3.8, 4) is 22.9 Å². The maximum atomic E-state index is 5.70. The number of aromatic amines is 1. The van der Waals surface area contributed by atoms with Gasteiger partial charge >= 0.3 is 0 Å². The minimum atomic E-state index is 0.401. The first-order valence-electron chi connectivity index (χ1n) is 8.50. The fourth-order valence-electron chi connectivity index (χ4n) is 2.50. The topological polar surface area (TPSA) is 64.4 Å². The number of ether oxygens (including phenoxy) is 2. The predicted molar refractivity (Wildman–Crippen MR) is 112 cm³/mol. The fraction of sp³-hybridized carbons (Fsp3) is 0.211. The van der Waals surface area contributed by atoms with Crippen molar-refractivity contribution in [2.75, 3.05) is 13.2 Å². The summed E-state index contributed by atoms with van der Waals surface area (Å²) in [6.07, 6.45) is 1.72. The van der Waals surface area contributed by atoms with Gasteiger partial charge in [0.25, 0.3) is 0 Å². The van der Waals surface area contributed by atoms with Gasteiger partial charge in [-0.2, -0.15) is 14.9 Å². The molecular weight excluding hydrogens is 428 g/mol. The second-order valence-corrected chi connectivity index (χ2v) is 6.70. The number of benzene rings is 2. The highest BCUT2D eigenvalue weighted by molar-refractivity contribution is 9.10. The summed E-state index contributed by atoms with van der Waals surface area (Å²) in [5.41, 5.74) is 1.72. The Morgan fingerprint density at radius 1 is 1.15 bits per heavy atom. The lowest BCUT2D eigenvalue weighted by Crippen LogP contribution is -1.99. The smallest absolute Gasteiger partial charge is 0.216 e. The maximum Gasteiger partial charge on any atom is 0.216 e. The second kappa shape index (κ2) is 8.96. The number of para-hydroxylation sites is 1. The Balaban J connectivity index is 1.95. The van der Waals surface area contributed by atoms with Gasteiger partial charge in [-0.1, -0.05) is 12.1 Å². The lowest BCUT2D eigenvalue weighted by Gasteiger charge is -2.09. The highest BCUT2D eigenvalue weighted by Crippen LogP contribution is 2.29. The molecule has 0 aliphatic heterocycles. The molecule has 0 fully saturated rings. The molecule has 0 spiro atoms. The molecule has 27 heavy (non-hydrogen) atoms. The van der Waals surface area contributed by atoms with E-state index < -0.39 is 0 Å². The van der Waals surface area contributed by atoms with Crippen LogP contribution in [-0.2, 0) is 0 Å². The number of hydrogen-bond acceptors (Lipinski definition) is 5. The van der Waals surface area contributed by atoms with E-state index in [1.165, 1.54) is 0 Å². The van der Waals surface area contributed by atoms with Crippen LogP contribution in [0.4, 0.5) is 0 Å². The van der Waals surface area contributed by atoms with Gasteiger partial charge in [-0.3, -0.25) is 0 Å². The molecule has 0 unspecified atom stereocenters. The Hall–Kier alpha value is -2.45. The minimum Gasteiger partial charge on any atom is -0.493 e. The summed E-state index contributed by atoms with van der Waals surface area (Å²) >= 11 is 8.85. The van der Waals surface area contributed by atoms with Crippen LogP contribution in [0.5, 0.6) is 11.5 Å². The van der Waals surface area contributed by atoms with Crippen LogP contribution in [0, 0.1) is 4.77 Å². The van der Waals surface area contributed by atoms with Crippen LogP contribution >= 0.6 is 28.1 Å². The lowest BCUT2D eigenvalue weighted by molar-refractivity contribution is 0.338. The average Bonchev–Trinajstić information content (AvgIpc) is 3.03. The Bertz CT molecular complexity index is 1010. The van der Waals surface area contributed by atoms with Crippen LogP contribution in [-0.4, -0.2) is 34.3 Å². The fourth-order valence-corrected chi connectivity index (χ4v) is 3.19. The predicted octanol–water partition coefficient (Wildman–Crippen LogP) is 5.05. The van der Waals surface area contributed by atoms with Gasteiger partial charge in [0.05, 0.1) is 29.5 Å². The molecule has 0 bridgehead atoms. The van der Waals surface area contributed by atoms with Crippen molar-refractivity contribution >= 4 is 34.4 Å². The second-order valence-electron chi connectivity index (χ2n) is 5.46. The Morgan fingerprint density at radius 3 is 2.63 bits per heavy atom. The van der Waals surface area contributed by atoms with E-state index in [9.17, 15) is 0 Å². The number of H-pyrrole nitrogens is 1. The summed E-state index contributed by atoms with van der Waals surface area (Å²) in [6, 6.07) is 13.4. The monoisotopic (exact) mass is 446 g/mol. The molecule has 0 saturated heterocycles. The van der Waals surface area contributed by atoms with E-state index >= 15 is 0 Å². The molecule has 3 aromatic rings. The Kier molecular flexibility index (Phi) is 6.41. The number of halogens is 1. The minimum absolute atomic E-state index is 0.401. The average molecular weight is 447 g/mol. The number of nitrogens with zero attached hydrogens (tertiary/aromatic N) is 3. The molecule has 1 aromatic heterocycles. The zero-order chi connectivity index (χ0) is 19.2. The van der Waals surface area contributed by atoms with Gasteiger partial charge in [0, 0.05) is 0 Å². The summed E-state index contributed by atoms with van der Waals surface area (Å²) in [6.45, 7) is 5.06. The molecule has 0 atom stereocenters. The highest BCUT2D eigenvalue weighted by Gasteiger charge is 2.13. The normalized spacial score (nSPS) is 11.1. The maximum absolute atomic E-state index is 5.70. The SMILES string of the molecule is CCOc1ccc(/C=N\n2c(-c3ccccc3OCC)n[nH]c2=S)cc1Br. The van der Waals surface area contributed by atoms with Crippen molar-refractivity contribution in [1.82, 2.24) is 14.9 Å². The summed E-state index contributed by atoms with van der Waals surface area (Å²) in [5, 5.41) is 11.6. The van der Waals surface area contributed by atoms with Crippen LogP contribution < -0.4 is 9.47 Å². The van der Waals surface area contributed by atoms with Crippen molar-refractivity contribution in [2.45, 2.75) is 13.8 Å². The first kappa shape index (κ1) is 19.3. The summed E-state index contributed by atoms with van der Waals surface area (Å²) < 4.78 is 14.1. The first-order valence-corrected chi connectivity index (χ1v) is 9.70.